The lowest BCUT2D eigenvalue weighted by Crippen LogP contribution is -2.45. The number of ether oxygens (including phenoxy) is 1. The van der Waals surface area contributed by atoms with Crippen LogP contribution in [0, 0.1) is 0 Å². The maximum atomic E-state index is 10.1. The zero-order chi connectivity index (χ0) is 17.6. The molecule has 5 heteroatoms. The van der Waals surface area contributed by atoms with Crippen molar-refractivity contribution in [1.29, 1.82) is 0 Å². The summed E-state index contributed by atoms with van der Waals surface area (Å²) in [6, 6.07) is 14.3. The van der Waals surface area contributed by atoms with Gasteiger partial charge in [0.2, 0.25) is 0 Å². The molecule has 2 aromatic rings. The zero-order valence-electron chi connectivity index (χ0n) is 14.9. The molecule has 0 aliphatic carbocycles. The van der Waals surface area contributed by atoms with E-state index >= 15 is 0 Å². The van der Waals surface area contributed by atoms with Crippen LogP contribution in [0.4, 0.5) is 0 Å². The fourth-order valence-electron chi connectivity index (χ4n) is 3.15. The number of phenols is 1. The molecule has 0 aromatic heterocycles. The molecule has 3 rings (SSSR count). The first-order valence-electron chi connectivity index (χ1n) is 8.61. The molecule has 0 bridgehead atoms. The Balaban J connectivity index is 1.51. The average Bonchev–Trinajstić information content (AvgIpc) is 2.66. The Bertz CT molecular complexity index is 683. The third kappa shape index (κ3) is 4.91. The standard InChI is InChI=1S/C20H26N2O2S/c1-24-18-5-8-20(23)17(13-18)15-22-11-9-21(10-12-22)14-16-3-6-19(25-2)7-4-16/h3-8,13,23H,9-12,14-15H2,1-2H3. The summed E-state index contributed by atoms with van der Waals surface area (Å²) in [5, 5.41) is 10.1. The van der Waals surface area contributed by atoms with Gasteiger partial charge in [0.25, 0.3) is 0 Å². The molecule has 1 heterocycles. The zero-order valence-corrected chi connectivity index (χ0v) is 15.8. The van der Waals surface area contributed by atoms with E-state index in [1.54, 1.807) is 31.0 Å². The van der Waals surface area contributed by atoms with Gasteiger partial charge in [0.15, 0.2) is 0 Å². The number of aromatic hydroxyl groups is 1. The third-order valence-corrected chi connectivity index (χ3v) is 5.45. The molecule has 4 nitrogen and oxygen atoms in total. The van der Waals surface area contributed by atoms with Crippen LogP contribution < -0.4 is 4.74 Å². The van der Waals surface area contributed by atoms with E-state index in [2.05, 4.69) is 40.3 Å². The normalized spacial score (nSPS) is 16.1. The number of thioether (sulfide) groups is 1. The van der Waals surface area contributed by atoms with Gasteiger partial charge in [-0.15, -0.1) is 11.8 Å². The Morgan fingerprint density at radius 1 is 0.960 bits per heavy atom. The molecular formula is C20H26N2O2S. The van der Waals surface area contributed by atoms with Crippen molar-refractivity contribution in [3.05, 3.63) is 53.6 Å². The van der Waals surface area contributed by atoms with Gasteiger partial charge in [-0.05, 0) is 42.2 Å². The number of phenolic OH excluding ortho intramolecular Hbond substituents is 1. The molecule has 0 saturated carbocycles. The number of benzene rings is 2. The molecule has 1 saturated heterocycles. The van der Waals surface area contributed by atoms with Crippen molar-refractivity contribution < 1.29 is 9.84 Å². The van der Waals surface area contributed by atoms with Gasteiger partial charge in [-0.3, -0.25) is 9.80 Å². The molecule has 0 unspecified atom stereocenters. The summed E-state index contributed by atoms with van der Waals surface area (Å²) in [7, 11) is 1.65. The first kappa shape index (κ1) is 18.1. The van der Waals surface area contributed by atoms with Crippen LogP contribution in [0.25, 0.3) is 0 Å². The summed E-state index contributed by atoms with van der Waals surface area (Å²) in [6.45, 7) is 5.90. The van der Waals surface area contributed by atoms with Crippen LogP contribution in [0.15, 0.2) is 47.4 Å². The first-order valence-corrected chi connectivity index (χ1v) is 9.84. The number of hydrogen-bond donors (Lipinski definition) is 1. The molecule has 1 N–H and O–H groups in total. The second-order valence-corrected chi connectivity index (χ2v) is 7.27. The van der Waals surface area contributed by atoms with E-state index in [1.807, 2.05) is 6.07 Å². The van der Waals surface area contributed by atoms with Crippen LogP contribution in [-0.4, -0.2) is 54.5 Å². The minimum absolute atomic E-state index is 0.345. The highest BCUT2D eigenvalue weighted by Crippen LogP contribution is 2.25. The lowest BCUT2D eigenvalue weighted by atomic mass is 10.1. The monoisotopic (exact) mass is 358 g/mol. The number of piperazine rings is 1. The SMILES string of the molecule is COc1ccc(O)c(CN2CCN(Cc3ccc(SC)cc3)CC2)c1. The van der Waals surface area contributed by atoms with Crippen LogP contribution in [-0.2, 0) is 13.1 Å². The molecule has 0 amide bonds. The van der Waals surface area contributed by atoms with E-state index in [4.69, 9.17) is 4.74 Å². The summed E-state index contributed by atoms with van der Waals surface area (Å²) in [6.07, 6.45) is 2.11. The second-order valence-electron chi connectivity index (χ2n) is 6.40. The molecule has 1 aliphatic heterocycles. The fourth-order valence-corrected chi connectivity index (χ4v) is 3.56. The van der Waals surface area contributed by atoms with Crippen molar-refractivity contribution in [2.45, 2.75) is 18.0 Å². The Labute approximate surface area is 154 Å². The van der Waals surface area contributed by atoms with Gasteiger partial charge in [0.1, 0.15) is 11.5 Å². The maximum absolute atomic E-state index is 10.1. The van der Waals surface area contributed by atoms with Crippen molar-refractivity contribution in [2.75, 3.05) is 39.5 Å². The molecule has 25 heavy (non-hydrogen) atoms. The molecule has 0 spiro atoms. The molecular weight excluding hydrogens is 332 g/mol. The minimum Gasteiger partial charge on any atom is -0.508 e. The highest BCUT2D eigenvalue weighted by molar-refractivity contribution is 7.98. The van der Waals surface area contributed by atoms with E-state index in [0.29, 0.717) is 5.75 Å². The third-order valence-electron chi connectivity index (χ3n) is 4.71. The second kappa shape index (κ2) is 8.61. The predicted octanol–water partition coefficient (Wildman–Crippen LogP) is 3.44. The van der Waals surface area contributed by atoms with Gasteiger partial charge in [0.05, 0.1) is 7.11 Å². The van der Waals surface area contributed by atoms with E-state index in [0.717, 1.165) is 50.6 Å². The van der Waals surface area contributed by atoms with Gasteiger partial charge >= 0.3 is 0 Å². The smallest absolute Gasteiger partial charge is 0.120 e. The van der Waals surface area contributed by atoms with Crippen LogP contribution in [0.3, 0.4) is 0 Å². The Kier molecular flexibility index (Phi) is 6.24. The van der Waals surface area contributed by atoms with E-state index in [9.17, 15) is 5.11 Å². The van der Waals surface area contributed by atoms with Crippen molar-refractivity contribution in [1.82, 2.24) is 9.80 Å². The summed E-state index contributed by atoms with van der Waals surface area (Å²) >= 11 is 1.78. The van der Waals surface area contributed by atoms with E-state index < -0.39 is 0 Å². The molecule has 0 radical (unpaired) electrons. The highest BCUT2D eigenvalue weighted by atomic mass is 32.2. The van der Waals surface area contributed by atoms with Crippen LogP contribution in [0.2, 0.25) is 0 Å². The van der Waals surface area contributed by atoms with Gasteiger partial charge < -0.3 is 9.84 Å². The van der Waals surface area contributed by atoms with Gasteiger partial charge in [-0.25, -0.2) is 0 Å². The predicted molar refractivity (Wildman–Crippen MR) is 103 cm³/mol. The number of methoxy groups -OCH3 is 1. The topological polar surface area (TPSA) is 35.9 Å². The Morgan fingerprint density at radius 3 is 2.20 bits per heavy atom. The van der Waals surface area contributed by atoms with Gasteiger partial charge in [-0.2, -0.15) is 0 Å². The molecule has 134 valence electrons. The Hall–Kier alpha value is -1.69. The minimum atomic E-state index is 0.345. The summed E-state index contributed by atoms with van der Waals surface area (Å²) in [4.78, 5) is 6.20. The lowest BCUT2D eigenvalue weighted by molar-refractivity contribution is 0.121. The quantitative estimate of drug-likeness (QED) is 0.801. The van der Waals surface area contributed by atoms with Crippen LogP contribution in [0.5, 0.6) is 11.5 Å². The van der Waals surface area contributed by atoms with Gasteiger partial charge in [-0.1, -0.05) is 12.1 Å². The van der Waals surface area contributed by atoms with E-state index in [1.165, 1.54) is 10.5 Å². The summed E-state index contributed by atoms with van der Waals surface area (Å²) < 4.78 is 5.26. The summed E-state index contributed by atoms with van der Waals surface area (Å²) in [5.41, 5.74) is 2.30. The van der Waals surface area contributed by atoms with E-state index in [-0.39, 0.29) is 0 Å². The summed E-state index contributed by atoms with van der Waals surface area (Å²) in [5.74, 6) is 1.14. The van der Waals surface area contributed by atoms with Crippen LogP contribution in [0.1, 0.15) is 11.1 Å². The van der Waals surface area contributed by atoms with Gasteiger partial charge in [0, 0.05) is 49.7 Å². The van der Waals surface area contributed by atoms with Crippen LogP contribution >= 0.6 is 11.8 Å². The number of nitrogens with zero attached hydrogens (tertiary/aromatic N) is 2. The molecule has 2 aromatic carbocycles. The maximum Gasteiger partial charge on any atom is 0.120 e. The molecule has 0 atom stereocenters. The largest absolute Gasteiger partial charge is 0.508 e. The fraction of sp³-hybridized carbons (Fsp3) is 0.400. The van der Waals surface area contributed by atoms with Crippen molar-refractivity contribution in [3.8, 4) is 11.5 Å². The number of hydrogen-bond acceptors (Lipinski definition) is 5. The average molecular weight is 359 g/mol. The molecule has 1 aliphatic rings. The van der Waals surface area contributed by atoms with Crippen molar-refractivity contribution in [2.24, 2.45) is 0 Å². The first-order chi connectivity index (χ1) is 12.2. The Morgan fingerprint density at radius 2 is 1.60 bits per heavy atom. The molecule has 1 fully saturated rings. The van der Waals surface area contributed by atoms with Crippen molar-refractivity contribution in [3.63, 3.8) is 0 Å². The van der Waals surface area contributed by atoms with Crippen molar-refractivity contribution >= 4 is 11.8 Å². The highest BCUT2D eigenvalue weighted by Gasteiger charge is 2.18. The number of rotatable bonds is 6. The lowest BCUT2D eigenvalue weighted by Gasteiger charge is -2.34.